The van der Waals surface area contributed by atoms with Crippen LogP contribution in [0.15, 0.2) is 24.3 Å². The maximum absolute atomic E-state index is 13.3. The van der Waals surface area contributed by atoms with Gasteiger partial charge in [0.2, 0.25) is 5.91 Å². The maximum Gasteiger partial charge on any atom is 0.263 e. The van der Waals surface area contributed by atoms with E-state index in [9.17, 15) is 18.4 Å². The van der Waals surface area contributed by atoms with Crippen LogP contribution in [0.2, 0.25) is 0 Å². The normalized spacial score (nSPS) is 19.0. The van der Waals surface area contributed by atoms with Crippen molar-refractivity contribution in [2.24, 2.45) is 5.92 Å². The molecule has 1 aromatic heterocycles. The van der Waals surface area contributed by atoms with Crippen LogP contribution in [-0.4, -0.2) is 29.8 Å². The van der Waals surface area contributed by atoms with Gasteiger partial charge in [-0.15, -0.1) is 11.3 Å². The molecule has 0 saturated carbocycles. The van der Waals surface area contributed by atoms with E-state index in [-0.39, 0.29) is 23.4 Å². The summed E-state index contributed by atoms with van der Waals surface area (Å²) in [6.07, 6.45) is 4.12. The van der Waals surface area contributed by atoms with E-state index < -0.39 is 11.6 Å². The number of hydrogen-bond donors (Lipinski definition) is 1. The van der Waals surface area contributed by atoms with E-state index in [1.807, 2.05) is 11.0 Å². The first-order valence-electron chi connectivity index (χ1n) is 9.18. The van der Waals surface area contributed by atoms with Crippen LogP contribution in [0.3, 0.4) is 0 Å². The number of nitrogens with one attached hydrogen (secondary N) is 1. The first kappa shape index (κ1) is 18.1. The Morgan fingerprint density at radius 3 is 2.63 bits per heavy atom. The molecule has 4 rings (SSSR count). The van der Waals surface area contributed by atoms with Crippen LogP contribution in [-0.2, 0) is 17.6 Å². The minimum Gasteiger partial charge on any atom is -0.338 e. The molecule has 27 heavy (non-hydrogen) atoms. The fourth-order valence-corrected chi connectivity index (χ4v) is 4.92. The van der Waals surface area contributed by atoms with E-state index in [2.05, 4.69) is 5.32 Å². The maximum atomic E-state index is 13.3. The van der Waals surface area contributed by atoms with E-state index in [4.69, 9.17) is 0 Å². The highest BCUT2D eigenvalue weighted by Crippen LogP contribution is 2.34. The molecule has 1 fully saturated rings. The van der Waals surface area contributed by atoms with E-state index in [1.54, 1.807) is 0 Å². The molecule has 2 amide bonds. The molecule has 1 aliphatic heterocycles. The molecule has 1 N–H and O–H groups in total. The number of thiophene rings is 1. The van der Waals surface area contributed by atoms with Crippen LogP contribution in [0.1, 0.15) is 39.4 Å². The second-order valence-corrected chi connectivity index (χ2v) is 8.25. The Labute approximate surface area is 160 Å². The lowest BCUT2D eigenvalue weighted by molar-refractivity contribution is -0.120. The molecule has 2 aliphatic rings. The van der Waals surface area contributed by atoms with Crippen molar-refractivity contribution in [2.75, 3.05) is 18.4 Å². The molecule has 2 aromatic rings. The number of rotatable bonds is 3. The molecule has 0 bridgehead atoms. The topological polar surface area (TPSA) is 49.4 Å². The number of halogens is 2. The van der Waals surface area contributed by atoms with Crippen molar-refractivity contribution in [1.29, 1.82) is 0 Å². The molecule has 0 radical (unpaired) electrons. The van der Waals surface area contributed by atoms with Crippen LogP contribution in [0.4, 0.5) is 14.5 Å². The summed E-state index contributed by atoms with van der Waals surface area (Å²) >= 11 is 1.54. The Balaban J connectivity index is 1.43. The predicted molar refractivity (Wildman–Crippen MR) is 100.0 cm³/mol. The Kier molecular flexibility index (Phi) is 4.95. The van der Waals surface area contributed by atoms with Gasteiger partial charge in [0.1, 0.15) is 0 Å². The number of carbonyl (C=O) groups excluding carboxylic acids is 2. The fraction of sp³-hybridized carbons (Fsp3) is 0.400. The fourth-order valence-electron chi connectivity index (χ4n) is 3.75. The third-order valence-electron chi connectivity index (χ3n) is 5.24. The highest BCUT2D eigenvalue weighted by Gasteiger charge is 2.29. The Hall–Kier alpha value is -2.28. The molecule has 7 heteroatoms. The van der Waals surface area contributed by atoms with Gasteiger partial charge in [0, 0.05) is 35.6 Å². The van der Waals surface area contributed by atoms with Gasteiger partial charge in [0.25, 0.3) is 5.91 Å². The molecule has 1 atom stereocenters. The summed E-state index contributed by atoms with van der Waals surface area (Å²) in [5, 5.41) is 2.67. The highest BCUT2D eigenvalue weighted by atomic mass is 32.1. The number of benzene rings is 1. The smallest absolute Gasteiger partial charge is 0.263 e. The van der Waals surface area contributed by atoms with E-state index in [0.717, 1.165) is 54.9 Å². The van der Waals surface area contributed by atoms with E-state index in [0.29, 0.717) is 12.8 Å². The Morgan fingerprint density at radius 1 is 1.11 bits per heavy atom. The predicted octanol–water partition coefficient (Wildman–Crippen LogP) is 4.01. The zero-order valence-electron chi connectivity index (χ0n) is 14.8. The van der Waals surface area contributed by atoms with E-state index in [1.165, 1.54) is 22.3 Å². The molecule has 1 saturated heterocycles. The lowest BCUT2D eigenvalue weighted by Crippen LogP contribution is -2.27. The van der Waals surface area contributed by atoms with Gasteiger partial charge >= 0.3 is 0 Å². The lowest BCUT2D eigenvalue weighted by atomic mass is 9.87. The number of nitrogens with zero attached hydrogens (tertiary/aromatic N) is 1. The van der Waals surface area contributed by atoms with Crippen molar-refractivity contribution in [3.05, 3.63) is 51.2 Å². The summed E-state index contributed by atoms with van der Waals surface area (Å²) in [6, 6.07) is 5.26. The van der Waals surface area contributed by atoms with Gasteiger partial charge in [-0.05, 0) is 55.9 Å². The quantitative estimate of drug-likeness (QED) is 0.861. The summed E-state index contributed by atoms with van der Waals surface area (Å²) in [5.74, 6) is -2.28. The second-order valence-electron chi connectivity index (χ2n) is 7.12. The minimum atomic E-state index is -0.985. The van der Waals surface area contributed by atoms with Crippen molar-refractivity contribution < 1.29 is 18.4 Å². The van der Waals surface area contributed by atoms with Crippen LogP contribution in [0, 0.1) is 17.6 Å². The minimum absolute atomic E-state index is 0.0923. The number of carbonyl (C=O) groups is 2. The molecule has 4 nitrogen and oxygen atoms in total. The standard InChI is InChI=1S/C20H20F2N2O2S/c21-15-5-4-14(11-16(15)22)23-19(25)12-3-6-17-13(9-12)10-18(27-17)20(26)24-7-1-2-8-24/h4-5,10-12H,1-3,6-9H2,(H,23,25). The van der Waals surface area contributed by atoms with Crippen LogP contribution >= 0.6 is 11.3 Å². The molecule has 1 aliphatic carbocycles. The van der Waals surface area contributed by atoms with Gasteiger partial charge in [0.15, 0.2) is 11.6 Å². The van der Waals surface area contributed by atoms with Crippen molar-refractivity contribution in [3.63, 3.8) is 0 Å². The van der Waals surface area contributed by atoms with Crippen LogP contribution in [0.25, 0.3) is 0 Å². The number of fused-ring (bicyclic) bond motifs is 1. The average molecular weight is 390 g/mol. The first-order chi connectivity index (χ1) is 13.0. The van der Waals surface area contributed by atoms with Crippen LogP contribution < -0.4 is 5.32 Å². The van der Waals surface area contributed by atoms with Gasteiger partial charge in [-0.1, -0.05) is 0 Å². The molecule has 1 aromatic carbocycles. The monoisotopic (exact) mass is 390 g/mol. The molecule has 1 unspecified atom stereocenters. The zero-order chi connectivity index (χ0) is 19.0. The van der Waals surface area contributed by atoms with Gasteiger partial charge < -0.3 is 10.2 Å². The number of hydrogen-bond acceptors (Lipinski definition) is 3. The average Bonchev–Trinajstić information content (AvgIpc) is 3.33. The largest absolute Gasteiger partial charge is 0.338 e. The van der Waals surface area contributed by atoms with E-state index >= 15 is 0 Å². The third-order valence-corrected chi connectivity index (χ3v) is 6.47. The Bertz CT molecular complexity index is 890. The van der Waals surface area contributed by atoms with Crippen molar-refractivity contribution in [3.8, 4) is 0 Å². The van der Waals surface area contributed by atoms with Gasteiger partial charge in [-0.3, -0.25) is 9.59 Å². The van der Waals surface area contributed by atoms with Crippen molar-refractivity contribution >= 4 is 28.8 Å². The number of anilines is 1. The second kappa shape index (κ2) is 7.38. The van der Waals surface area contributed by atoms with Crippen molar-refractivity contribution in [1.82, 2.24) is 4.90 Å². The summed E-state index contributed by atoms with van der Waals surface area (Å²) in [6.45, 7) is 1.64. The SMILES string of the molecule is O=C(Nc1ccc(F)c(F)c1)C1CCc2sc(C(=O)N3CCCC3)cc2C1. The van der Waals surface area contributed by atoms with Gasteiger partial charge in [0.05, 0.1) is 4.88 Å². The van der Waals surface area contributed by atoms with Gasteiger partial charge in [-0.2, -0.15) is 0 Å². The van der Waals surface area contributed by atoms with Crippen molar-refractivity contribution in [2.45, 2.75) is 32.1 Å². The summed E-state index contributed by atoms with van der Waals surface area (Å²) in [4.78, 5) is 28.9. The summed E-state index contributed by atoms with van der Waals surface area (Å²) < 4.78 is 26.3. The zero-order valence-corrected chi connectivity index (χ0v) is 15.6. The van der Waals surface area contributed by atoms with Crippen LogP contribution in [0.5, 0.6) is 0 Å². The summed E-state index contributed by atoms with van der Waals surface area (Å²) in [5.41, 5.74) is 1.30. The molecular weight excluding hydrogens is 370 g/mol. The third kappa shape index (κ3) is 3.74. The highest BCUT2D eigenvalue weighted by molar-refractivity contribution is 7.14. The molecule has 142 valence electrons. The lowest BCUT2D eigenvalue weighted by Gasteiger charge is -2.21. The van der Waals surface area contributed by atoms with Gasteiger partial charge in [-0.25, -0.2) is 8.78 Å². The number of likely N-dealkylation sites (tertiary alicyclic amines) is 1. The summed E-state index contributed by atoms with van der Waals surface area (Å²) in [7, 11) is 0. The first-order valence-corrected chi connectivity index (χ1v) is 9.99. The molecule has 0 spiro atoms. The Morgan fingerprint density at radius 2 is 1.89 bits per heavy atom. The molecular formula is C20H20F2N2O2S. The number of amides is 2. The number of aryl methyl sites for hydroxylation is 1. The molecule has 2 heterocycles.